The smallest absolute Gasteiger partial charge is 0.169 e. The van der Waals surface area contributed by atoms with E-state index >= 15 is 0 Å². The van der Waals surface area contributed by atoms with E-state index in [1.165, 1.54) is 4.68 Å². The highest BCUT2D eigenvalue weighted by Gasteiger charge is 2.14. The van der Waals surface area contributed by atoms with E-state index in [2.05, 4.69) is 21.0 Å². The number of aromatic nitrogens is 2. The van der Waals surface area contributed by atoms with E-state index < -0.39 is 0 Å². The Balaban J connectivity index is 2.56. The Bertz CT molecular complexity index is 532. The van der Waals surface area contributed by atoms with Crippen LogP contribution in [0.3, 0.4) is 0 Å². The average Bonchev–Trinajstić information content (AvgIpc) is 2.55. The minimum atomic E-state index is 0.200. The lowest BCUT2D eigenvalue weighted by Gasteiger charge is -1.97. The number of rotatable bonds is 2. The summed E-state index contributed by atoms with van der Waals surface area (Å²) in [4.78, 5) is 10.8. The lowest BCUT2D eigenvalue weighted by Crippen LogP contribution is -1.95. The molecular weight excluding hydrogens is 272 g/mol. The predicted molar refractivity (Wildman–Crippen MR) is 63.4 cm³/mol. The number of benzene rings is 1. The summed E-state index contributed by atoms with van der Waals surface area (Å²) < 4.78 is 2.18. The van der Waals surface area contributed by atoms with Crippen molar-refractivity contribution in [2.75, 3.05) is 0 Å². The second-order valence-electron chi connectivity index (χ2n) is 3.34. The fraction of sp³-hybridized carbons (Fsp3) is 0.0909. The van der Waals surface area contributed by atoms with Gasteiger partial charge in [0.1, 0.15) is 17.1 Å². The summed E-state index contributed by atoms with van der Waals surface area (Å²) in [7, 11) is 1.71. The van der Waals surface area contributed by atoms with Gasteiger partial charge in [0, 0.05) is 12.6 Å². The van der Waals surface area contributed by atoms with Crippen LogP contribution >= 0.6 is 15.9 Å². The quantitative estimate of drug-likeness (QED) is 0.860. The average molecular weight is 281 g/mol. The summed E-state index contributed by atoms with van der Waals surface area (Å²) in [5.74, 6) is 0.200. The zero-order valence-electron chi connectivity index (χ0n) is 8.51. The standard InChI is InChI=1S/C11H9BrN2O2/c1-14-9(6-15)10(12)11(13-14)7-2-4-8(16)5-3-7/h2-6,16H,1H3. The largest absolute Gasteiger partial charge is 0.508 e. The maximum absolute atomic E-state index is 10.8. The Hall–Kier alpha value is -1.62. The number of hydrogen-bond acceptors (Lipinski definition) is 3. The van der Waals surface area contributed by atoms with Gasteiger partial charge in [-0.25, -0.2) is 0 Å². The molecule has 0 radical (unpaired) electrons. The third-order valence-corrected chi connectivity index (χ3v) is 3.07. The molecule has 0 aliphatic rings. The molecule has 4 nitrogen and oxygen atoms in total. The number of nitrogens with zero attached hydrogens (tertiary/aromatic N) is 2. The van der Waals surface area contributed by atoms with Gasteiger partial charge in [-0.15, -0.1) is 0 Å². The Labute approximate surface area is 101 Å². The molecule has 16 heavy (non-hydrogen) atoms. The molecule has 2 aromatic rings. The van der Waals surface area contributed by atoms with Gasteiger partial charge in [-0.2, -0.15) is 5.10 Å². The van der Waals surface area contributed by atoms with E-state index in [4.69, 9.17) is 0 Å². The van der Waals surface area contributed by atoms with Crippen LogP contribution in [0, 0.1) is 0 Å². The zero-order chi connectivity index (χ0) is 11.7. The van der Waals surface area contributed by atoms with Crippen LogP contribution in [0.15, 0.2) is 28.7 Å². The molecule has 82 valence electrons. The maximum atomic E-state index is 10.8. The first-order valence-electron chi connectivity index (χ1n) is 4.60. The van der Waals surface area contributed by atoms with Gasteiger partial charge in [0.05, 0.1) is 4.47 Å². The van der Waals surface area contributed by atoms with Crippen molar-refractivity contribution >= 4 is 22.2 Å². The molecule has 0 saturated heterocycles. The second kappa shape index (κ2) is 4.09. The van der Waals surface area contributed by atoms with Crippen molar-refractivity contribution in [3.8, 4) is 17.0 Å². The first-order valence-corrected chi connectivity index (χ1v) is 5.40. The van der Waals surface area contributed by atoms with E-state index in [9.17, 15) is 9.90 Å². The fourth-order valence-corrected chi connectivity index (χ4v) is 2.10. The van der Waals surface area contributed by atoms with E-state index in [1.807, 2.05) is 0 Å². The van der Waals surface area contributed by atoms with Crippen LogP contribution in [0.5, 0.6) is 5.75 Å². The van der Waals surface area contributed by atoms with Crippen LogP contribution < -0.4 is 0 Å². The molecule has 0 bridgehead atoms. The molecule has 0 amide bonds. The van der Waals surface area contributed by atoms with Crippen molar-refractivity contribution in [1.29, 1.82) is 0 Å². The molecule has 0 atom stereocenters. The minimum Gasteiger partial charge on any atom is -0.508 e. The summed E-state index contributed by atoms with van der Waals surface area (Å²) in [5, 5.41) is 13.4. The number of phenolic OH excluding ortho intramolecular Hbond substituents is 1. The number of aldehydes is 1. The van der Waals surface area contributed by atoms with Gasteiger partial charge in [0.25, 0.3) is 0 Å². The van der Waals surface area contributed by atoms with Gasteiger partial charge in [-0.3, -0.25) is 9.48 Å². The molecule has 1 N–H and O–H groups in total. The third-order valence-electron chi connectivity index (χ3n) is 2.28. The summed E-state index contributed by atoms with van der Waals surface area (Å²) >= 11 is 3.34. The van der Waals surface area contributed by atoms with Crippen molar-refractivity contribution in [3.05, 3.63) is 34.4 Å². The van der Waals surface area contributed by atoms with E-state index in [1.54, 1.807) is 31.3 Å². The van der Waals surface area contributed by atoms with E-state index in [0.29, 0.717) is 15.9 Å². The van der Waals surface area contributed by atoms with Gasteiger partial charge in [0.2, 0.25) is 0 Å². The molecule has 1 aromatic heterocycles. The number of aromatic hydroxyl groups is 1. The monoisotopic (exact) mass is 280 g/mol. The van der Waals surface area contributed by atoms with Crippen molar-refractivity contribution in [1.82, 2.24) is 9.78 Å². The van der Waals surface area contributed by atoms with Crippen LogP contribution in [-0.4, -0.2) is 21.2 Å². The zero-order valence-corrected chi connectivity index (χ0v) is 10.1. The van der Waals surface area contributed by atoms with Crippen molar-refractivity contribution in [2.24, 2.45) is 7.05 Å². The third kappa shape index (κ3) is 1.74. The molecule has 0 fully saturated rings. The Morgan fingerprint density at radius 1 is 1.38 bits per heavy atom. The predicted octanol–water partition coefficient (Wildman–Crippen LogP) is 2.37. The number of phenols is 1. The molecule has 5 heteroatoms. The SMILES string of the molecule is Cn1nc(-c2ccc(O)cc2)c(Br)c1C=O. The van der Waals surface area contributed by atoms with Gasteiger partial charge in [-0.05, 0) is 40.2 Å². The van der Waals surface area contributed by atoms with Crippen LogP contribution in [-0.2, 0) is 7.05 Å². The number of halogens is 1. The van der Waals surface area contributed by atoms with Crippen LogP contribution in [0.2, 0.25) is 0 Å². The molecule has 0 unspecified atom stereocenters. The molecule has 0 spiro atoms. The highest BCUT2D eigenvalue weighted by Crippen LogP contribution is 2.30. The van der Waals surface area contributed by atoms with Crippen molar-refractivity contribution < 1.29 is 9.90 Å². The van der Waals surface area contributed by atoms with Gasteiger partial charge < -0.3 is 5.11 Å². The van der Waals surface area contributed by atoms with Crippen LogP contribution in [0.4, 0.5) is 0 Å². The van der Waals surface area contributed by atoms with Gasteiger partial charge in [-0.1, -0.05) is 0 Å². The maximum Gasteiger partial charge on any atom is 0.169 e. The van der Waals surface area contributed by atoms with Crippen molar-refractivity contribution in [2.45, 2.75) is 0 Å². The molecule has 0 aliphatic carbocycles. The number of aryl methyl sites for hydroxylation is 1. The van der Waals surface area contributed by atoms with Crippen LogP contribution in [0.25, 0.3) is 11.3 Å². The molecule has 0 saturated carbocycles. The molecule has 1 aromatic carbocycles. The first-order chi connectivity index (χ1) is 7.63. The lowest BCUT2D eigenvalue weighted by atomic mass is 10.1. The normalized spacial score (nSPS) is 10.4. The topological polar surface area (TPSA) is 55.1 Å². The Morgan fingerprint density at radius 3 is 2.50 bits per heavy atom. The van der Waals surface area contributed by atoms with E-state index in [0.717, 1.165) is 11.8 Å². The number of hydrogen-bond donors (Lipinski definition) is 1. The Morgan fingerprint density at radius 2 is 2.00 bits per heavy atom. The first kappa shape index (κ1) is 10.9. The van der Waals surface area contributed by atoms with Crippen molar-refractivity contribution in [3.63, 3.8) is 0 Å². The summed E-state index contributed by atoms with van der Waals surface area (Å²) in [6.45, 7) is 0. The van der Waals surface area contributed by atoms with E-state index in [-0.39, 0.29) is 5.75 Å². The Kier molecular flexibility index (Phi) is 2.78. The summed E-state index contributed by atoms with van der Waals surface area (Å²) in [6, 6.07) is 6.65. The molecule has 1 heterocycles. The molecule has 2 rings (SSSR count). The minimum absolute atomic E-state index is 0.200. The van der Waals surface area contributed by atoms with Gasteiger partial charge >= 0.3 is 0 Å². The summed E-state index contributed by atoms with van der Waals surface area (Å²) in [6.07, 6.45) is 0.751. The fourth-order valence-electron chi connectivity index (χ4n) is 1.44. The second-order valence-corrected chi connectivity index (χ2v) is 4.13. The highest BCUT2D eigenvalue weighted by molar-refractivity contribution is 9.10. The van der Waals surface area contributed by atoms with Gasteiger partial charge in [0.15, 0.2) is 6.29 Å². The van der Waals surface area contributed by atoms with Crippen LogP contribution in [0.1, 0.15) is 10.5 Å². The molecule has 0 aliphatic heterocycles. The number of carbonyl (C=O) groups is 1. The number of carbonyl (C=O) groups excluding carboxylic acids is 1. The summed E-state index contributed by atoms with van der Waals surface area (Å²) in [5.41, 5.74) is 2.01. The lowest BCUT2D eigenvalue weighted by molar-refractivity contribution is 0.111. The molecular formula is C11H9BrN2O2. The highest BCUT2D eigenvalue weighted by atomic mass is 79.9.